The number of carbonyl (C=O) groups is 1. The predicted octanol–water partition coefficient (Wildman–Crippen LogP) is 1.93. The molecular formula is C14H25NO3. The molecule has 0 radical (unpaired) electrons. The van der Waals surface area contributed by atoms with Gasteiger partial charge in [-0.15, -0.1) is 0 Å². The van der Waals surface area contributed by atoms with Crippen LogP contribution in [0.4, 0.5) is 0 Å². The van der Waals surface area contributed by atoms with Gasteiger partial charge in [0.2, 0.25) is 5.91 Å². The van der Waals surface area contributed by atoms with E-state index in [0.29, 0.717) is 19.4 Å². The smallest absolute Gasteiger partial charge is 0.248 e. The van der Waals surface area contributed by atoms with Gasteiger partial charge in [-0.2, -0.15) is 0 Å². The molecule has 104 valence electrons. The summed E-state index contributed by atoms with van der Waals surface area (Å²) in [6, 6.07) is 0.0340. The van der Waals surface area contributed by atoms with Gasteiger partial charge in [-0.05, 0) is 31.3 Å². The lowest BCUT2D eigenvalue weighted by Crippen LogP contribution is -2.52. The summed E-state index contributed by atoms with van der Waals surface area (Å²) in [5.74, 6) is -0.104. The van der Waals surface area contributed by atoms with E-state index in [1.165, 1.54) is 6.08 Å². The van der Waals surface area contributed by atoms with E-state index in [2.05, 4.69) is 27.4 Å². The third kappa shape index (κ3) is 2.93. The largest absolute Gasteiger partial charge is 0.396 e. The van der Waals surface area contributed by atoms with E-state index in [1.54, 1.807) is 4.90 Å². The molecule has 1 aliphatic heterocycles. The fraction of sp³-hybridized carbons (Fsp3) is 0.786. The summed E-state index contributed by atoms with van der Waals surface area (Å²) in [5, 5.41) is 8.97. The van der Waals surface area contributed by atoms with Gasteiger partial charge in [-0.1, -0.05) is 27.4 Å². The summed E-state index contributed by atoms with van der Waals surface area (Å²) in [6.07, 6.45) is 2.59. The second-order valence-corrected chi connectivity index (χ2v) is 6.11. The van der Waals surface area contributed by atoms with Gasteiger partial charge in [0, 0.05) is 6.61 Å². The third-order valence-corrected chi connectivity index (χ3v) is 3.58. The molecule has 1 amide bonds. The van der Waals surface area contributed by atoms with Crippen molar-refractivity contribution in [2.45, 2.75) is 52.3 Å². The number of amides is 1. The Morgan fingerprint density at radius 3 is 2.67 bits per heavy atom. The minimum absolute atomic E-state index is 0.0340. The van der Waals surface area contributed by atoms with E-state index in [4.69, 9.17) is 9.84 Å². The van der Waals surface area contributed by atoms with Crippen molar-refractivity contribution in [3.63, 3.8) is 0 Å². The van der Waals surface area contributed by atoms with Crippen LogP contribution in [0.25, 0.3) is 0 Å². The summed E-state index contributed by atoms with van der Waals surface area (Å²) in [6.45, 7) is 12.4. The molecule has 0 saturated carbocycles. The first kappa shape index (κ1) is 15.2. The summed E-state index contributed by atoms with van der Waals surface area (Å²) >= 11 is 0. The second kappa shape index (κ2) is 5.41. The van der Waals surface area contributed by atoms with Gasteiger partial charge in [0.25, 0.3) is 0 Å². The van der Waals surface area contributed by atoms with Crippen LogP contribution in [0.1, 0.15) is 40.5 Å². The van der Waals surface area contributed by atoms with Crippen molar-refractivity contribution in [2.75, 3.05) is 13.2 Å². The molecular weight excluding hydrogens is 230 g/mol. The maximum Gasteiger partial charge on any atom is 0.248 e. The number of hydrogen-bond donors (Lipinski definition) is 1. The Kier molecular flexibility index (Phi) is 4.56. The van der Waals surface area contributed by atoms with Crippen LogP contribution in [0.2, 0.25) is 0 Å². The highest BCUT2D eigenvalue weighted by molar-refractivity contribution is 5.88. The molecule has 0 bridgehead atoms. The third-order valence-electron chi connectivity index (χ3n) is 3.58. The van der Waals surface area contributed by atoms with Crippen LogP contribution >= 0.6 is 0 Å². The zero-order chi connectivity index (χ0) is 14.0. The predicted molar refractivity (Wildman–Crippen MR) is 71.0 cm³/mol. The fourth-order valence-electron chi connectivity index (χ4n) is 2.45. The molecule has 0 aromatic heterocycles. The van der Waals surface area contributed by atoms with Crippen molar-refractivity contribution in [3.8, 4) is 0 Å². The Morgan fingerprint density at radius 2 is 2.22 bits per heavy atom. The van der Waals surface area contributed by atoms with Gasteiger partial charge in [-0.3, -0.25) is 4.79 Å². The summed E-state index contributed by atoms with van der Waals surface area (Å²) in [5.41, 5.74) is -0.679. The molecule has 0 aromatic rings. The van der Waals surface area contributed by atoms with Crippen LogP contribution in [0, 0.1) is 5.41 Å². The van der Waals surface area contributed by atoms with Crippen molar-refractivity contribution in [2.24, 2.45) is 5.41 Å². The molecule has 0 aliphatic carbocycles. The molecule has 0 spiro atoms. The molecule has 4 nitrogen and oxygen atoms in total. The van der Waals surface area contributed by atoms with E-state index in [-0.39, 0.29) is 24.0 Å². The van der Waals surface area contributed by atoms with Crippen LogP contribution in [0.3, 0.4) is 0 Å². The minimum atomic E-state index is -0.633. The highest BCUT2D eigenvalue weighted by Gasteiger charge is 2.49. The number of aliphatic hydroxyl groups excluding tert-OH is 1. The maximum atomic E-state index is 12.1. The van der Waals surface area contributed by atoms with Crippen molar-refractivity contribution >= 4 is 5.91 Å². The molecule has 1 saturated heterocycles. The van der Waals surface area contributed by atoms with Crippen LogP contribution in [-0.2, 0) is 9.53 Å². The fourth-order valence-corrected chi connectivity index (χ4v) is 2.45. The lowest BCUT2D eigenvalue weighted by atomic mass is 9.85. The van der Waals surface area contributed by atoms with E-state index in [0.717, 1.165) is 0 Å². The van der Waals surface area contributed by atoms with Crippen molar-refractivity contribution in [1.29, 1.82) is 0 Å². The second-order valence-electron chi connectivity index (χ2n) is 6.11. The molecule has 1 rings (SSSR count). The number of ether oxygens (including phenoxy) is 1. The van der Waals surface area contributed by atoms with E-state index in [9.17, 15) is 4.79 Å². The molecule has 1 heterocycles. The summed E-state index contributed by atoms with van der Waals surface area (Å²) in [4.78, 5) is 13.9. The van der Waals surface area contributed by atoms with E-state index >= 15 is 0 Å². The zero-order valence-electron chi connectivity index (χ0n) is 11.9. The first-order chi connectivity index (χ1) is 8.26. The molecule has 2 atom stereocenters. The van der Waals surface area contributed by atoms with E-state index < -0.39 is 5.72 Å². The van der Waals surface area contributed by atoms with E-state index in [1.807, 2.05) is 6.92 Å². The Labute approximate surface area is 110 Å². The van der Waals surface area contributed by atoms with Crippen molar-refractivity contribution < 1.29 is 14.6 Å². The maximum absolute atomic E-state index is 12.1. The van der Waals surface area contributed by atoms with Gasteiger partial charge in [0.15, 0.2) is 0 Å². The molecule has 0 aromatic carbocycles. The number of carbonyl (C=O) groups excluding carboxylic acids is 1. The van der Waals surface area contributed by atoms with Gasteiger partial charge in [0.05, 0.1) is 12.6 Å². The number of aliphatic hydroxyl groups is 1. The highest BCUT2D eigenvalue weighted by Crippen LogP contribution is 2.39. The molecule has 4 heteroatoms. The Bertz CT molecular complexity index is 321. The molecule has 1 fully saturated rings. The average Bonchev–Trinajstić information content (AvgIpc) is 2.63. The standard InChI is InChI=1S/C14H25NO3/c1-6-12(17)15-11(13(2,3)4)10-18-14(15,5)8-7-9-16/h6,11,16H,1,7-10H2,2-5H3/t11-,14+/m1/s1. The Hall–Kier alpha value is -0.870. The van der Waals surface area contributed by atoms with Crippen LogP contribution in [-0.4, -0.2) is 40.9 Å². The number of hydrogen-bond acceptors (Lipinski definition) is 3. The highest BCUT2D eigenvalue weighted by atomic mass is 16.5. The molecule has 18 heavy (non-hydrogen) atoms. The van der Waals surface area contributed by atoms with Gasteiger partial charge < -0.3 is 14.7 Å². The SMILES string of the molecule is C=CC(=O)N1[C@@H](C(C)(C)C)CO[C@@]1(C)CCCO. The first-order valence-corrected chi connectivity index (χ1v) is 6.47. The summed E-state index contributed by atoms with van der Waals surface area (Å²) in [7, 11) is 0. The molecule has 0 unspecified atom stereocenters. The van der Waals surface area contributed by atoms with Crippen LogP contribution in [0.15, 0.2) is 12.7 Å². The average molecular weight is 255 g/mol. The minimum Gasteiger partial charge on any atom is -0.396 e. The van der Waals surface area contributed by atoms with Crippen molar-refractivity contribution in [3.05, 3.63) is 12.7 Å². The lowest BCUT2D eigenvalue weighted by molar-refractivity contribution is -0.146. The topological polar surface area (TPSA) is 49.8 Å². The monoisotopic (exact) mass is 255 g/mol. The van der Waals surface area contributed by atoms with Gasteiger partial charge in [-0.25, -0.2) is 0 Å². The van der Waals surface area contributed by atoms with Crippen LogP contribution in [0.5, 0.6) is 0 Å². The molecule has 1 aliphatic rings. The normalized spacial score (nSPS) is 28.5. The van der Waals surface area contributed by atoms with Crippen LogP contribution < -0.4 is 0 Å². The first-order valence-electron chi connectivity index (χ1n) is 6.47. The quantitative estimate of drug-likeness (QED) is 0.781. The number of nitrogens with zero attached hydrogens (tertiary/aromatic N) is 1. The lowest BCUT2D eigenvalue weighted by Gasteiger charge is -2.40. The van der Waals surface area contributed by atoms with Crippen molar-refractivity contribution in [1.82, 2.24) is 4.90 Å². The zero-order valence-corrected chi connectivity index (χ0v) is 11.9. The summed E-state index contributed by atoms with van der Waals surface area (Å²) < 4.78 is 5.86. The van der Waals surface area contributed by atoms with Gasteiger partial charge in [0.1, 0.15) is 5.72 Å². The Balaban J connectivity index is 3.00. The number of rotatable bonds is 4. The Morgan fingerprint density at radius 1 is 1.61 bits per heavy atom. The van der Waals surface area contributed by atoms with Gasteiger partial charge >= 0.3 is 0 Å². The molecule has 1 N–H and O–H groups in total.